The molecule has 1 saturated heterocycles. The Balaban J connectivity index is 1.19. The minimum atomic E-state index is -0.976. The molecule has 0 radical (unpaired) electrons. The summed E-state index contributed by atoms with van der Waals surface area (Å²) in [6.45, 7) is 4.15. The van der Waals surface area contributed by atoms with Crippen LogP contribution in [0.2, 0.25) is 0 Å². The number of amides is 3. The van der Waals surface area contributed by atoms with Crippen molar-refractivity contribution in [1.29, 1.82) is 0 Å². The molecule has 294 valence electrons. The highest BCUT2D eigenvalue weighted by Gasteiger charge is 2.56. The maximum absolute atomic E-state index is 14.5. The number of allylic oxidation sites excluding steroid dienone is 1. The van der Waals surface area contributed by atoms with E-state index in [1.165, 1.54) is 16.2 Å². The van der Waals surface area contributed by atoms with Gasteiger partial charge in [0.05, 0.1) is 30.8 Å². The van der Waals surface area contributed by atoms with Crippen LogP contribution in [0, 0.1) is 11.8 Å². The van der Waals surface area contributed by atoms with E-state index in [0.717, 1.165) is 50.1 Å². The number of thiazole rings is 1. The van der Waals surface area contributed by atoms with Crippen molar-refractivity contribution in [1.82, 2.24) is 25.5 Å². The van der Waals surface area contributed by atoms with Gasteiger partial charge in [-0.15, -0.1) is 11.3 Å². The monoisotopic (exact) mass is 774 g/mol. The molecule has 2 saturated carbocycles. The molecule has 3 amide bonds. The number of benzene rings is 1. The van der Waals surface area contributed by atoms with E-state index < -0.39 is 54.0 Å². The van der Waals surface area contributed by atoms with Crippen LogP contribution in [-0.2, 0) is 19.1 Å². The van der Waals surface area contributed by atoms with Crippen LogP contribution in [0.25, 0.3) is 22.3 Å². The lowest BCUT2D eigenvalue weighted by molar-refractivity contribution is -0.141. The van der Waals surface area contributed by atoms with Gasteiger partial charge in [0.15, 0.2) is 5.13 Å². The highest BCUT2D eigenvalue weighted by molar-refractivity contribution is 7.14. The summed E-state index contributed by atoms with van der Waals surface area (Å²) in [7, 11) is 1.59. The summed E-state index contributed by atoms with van der Waals surface area (Å²) in [5.74, 6) is -1.78. The molecule has 7 rings (SSSR count). The summed E-state index contributed by atoms with van der Waals surface area (Å²) < 4.78 is 17.9. The van der Waals surface area contributed by atoms with Crippen molar-refractivity contribution in [3.8, 4) is 22.9 Å². The summed E-state index contributed by atoms with van der Waals surface area (Å²) in [6.07, 6.45) is 9.62. The SMILES string of the molecule is COc1ccc2c(O[C@@H]3CC4C(=O)NC5C(/C=C\CCCCC[C@@H](NC(=O)OC6CCCC6)C(=O)N4C3)C5C(=O)O)cc(-c3csc(NC(C)C)n3)nc2c1. The number of hydrogen-bond acceptors (Lipinski definition) is 11. The van der Waals surface area contributed by atoms with Crippen LogP contribution in [-0.4, -0.2) is 93.9 Å². The minimum absolute atomic E-state index is 0.0671. The molecule has 4 N–H and O–H groups in total. The first kappa shape index (κ1) is 38.4. The van der Waals surface area contributed by atoms with E-state index in [4.69, 9.17) is 24.2 Å². The third kappa shape index (κ3) is 8.98. The third-order valence-corrected chi connectivity index (χ3v) is 11.6. The van der Waals surface area contributed by atoms with E-state index in [1.807, 2.05) is 55.6 Å². The van der Waals surface area contributed by atoms with Crippen LogP contribution < -0.4 is 25.4 Å². The Morgan fingerprint density at radius 3 is 2.58 bits per heavy atom. The number of methoxy groups -OCH3 is 1. The second-order valence-electron chi connectivity index (χ2n) is 15.3. The Kier molecular flexibility index (Phi) is 11.7. The molecule has 3 fully saturated rings. The van der Waals surface area contributed by atoms with Gasteiger partial charge in [0.1, 0.15) is 41.5 Å². The number of hydrogen-bond donors (Lipinski definition) is 4. The Hall–Kier alpha value is -4.92. The summed E-state index contributed by atoms with van der Waals surface area (Å²) in [6, 6.07) is 5.06. The van der Waals surface area contributed by atoms with Gasteiger partial charge >= 0.3 is 12.1 Å². The number of fused-ring (bicyclic) bond motifs is 3. The first-order valence-electron chi connectivity index (χ1n) is 19.4. The summed E-state index contributed by atoms with van der Waals surface area (Å²) in [5, 5.41) is 22.4. The second-order valence-corrected chi connectivity index (χ2v) is 16.1. The molecule has 2 aromatic heterocycles. The lowest BCUT2D eigenvalue weighted by Crippen LogP contribution is -2.54. The zero-order valence-electron chi connectivity index (χ0n) is 31.5. The van der Waals surface area contributed by atoms with Gasteiger partial charge in [0.2, 0.25) is 11.8 Å². The number of anilines is 1. The quantitative estimate of drug-likeness (QED) is 0.190. The number of carbonyl (C=O) groups excluding carboxylic acids is 3. The topological polar surface area (TPSA) is 181 Å². The number of pyridine rings is 1. The van der Waals surface area contributed by atoms with E-state index in [-0.39, 0.29) is 31.0 Å². The predicted molar refractivity (Wildman–Crippen MR) is 207 cm³/mol. The van der Waals surface area contributed by atoms with Gasteiger partial charge in [-0.2, -0.15) is 0 Å². The van der Waals surface area contributed by atoms with Crippen molar-refractivity contribution in [3.63, 3.8) is 0 Å². The molecule has 4 aliphatic rings. The van der Waals surface area contributed by atoms with Gasteiger partial charge in [0, 0.05) is 47.3 Å². The van der Waals surface area contributed by atoms with Crippen LogP contribution in [0.4, 0.5) is 9.93 Å². The van der Waals surface area contributed by atoms with Crippen molar-refractivity contribution in [2.75, 3.05) is 19.0 Å². The summed E-state index contributed by atoms with van der Waals surface area (Å²) in [5.41, 5.74) is 1.87. The molecule has 1 aromatic carbocycles. The standard InChI is InChI=1S/C40H50N6O8S/c1-22(2)41-39-43-31(21-55-39)30-19-33(26-16-15-24(52-3)17-29(26)42-30)53-25-18-32-36(47)45-35-27(34(35)38(49)50)13-7-5-4-6-8-14-28(37(48)46(32)20-25)44-40(51)54-23-11-9-10-12-23/h7,13,15-17,19,21-23,25,27-28,32,34-35H,4-6,8-12,14,18,20H2,1-3H3,(H,41,43)(H,44,51)(H,45,47)(H,49,50)/b13-7-/t25-,27?,28-,32?,34?,35?/m1/s1. The van der Waals surface area contributed by atoms with Gasteiger partial charge < -0.3 is 40.2 Å². The van der Waals surface area contributed by atoms with Crippen LogP contribution in [0.3, 0.4) is 0 Å². The number of carboxylic acids is 1. The van der Waals surface area contributed by atoms with Gasteiger partial charge in [-0.25, -0.2) is 14.8 Å². The molecule has 0 spiro atoms. The molecule has 15 heteroatoms. The normalized spacial score (nSPS) is 26.7. The predicted octanol–water partition coefficient (Wildman–Crippen LogP) is 5.91. The highest BCUT2D eigenvalue weighted by atomic mass is 32.1. The number of carbonyl (C=O) groups is 4. The average molecular weight is 775 g/mol. The number of nitrogens with zero attached hydrogens (tertiary/aromatic N) is 3. The van der Waals surface area contributed by atoms with E-state index in [9.17, 15) is 24.3 Å². The van der Waals surface area contributed by atoms with Crippen LogP contribution >= 0.6 is 11.3 Å². The molecular formula is C40H50N6O8S. The zero-order chi connectivity index (χ0) is 38.6. The third-order valence-electron chi connectivity index (χ3n) is 10.9. The fourth-order valence-electron chi connectivity index (χ4n) is 7.96. The number of ether oxygens (including phenoxy) is 3. The highest BCUT2D eigenvalue weighted by Crippen LogP contribution is 2.42. The Morgan fingerprint density at radius 1 is 1.02 bits per heavy atom. The fourth-order valence-corrected chi connectivity index (χ4v) is 8.81. The van der Waals surface area contributed by atoms with Crippen molar-refractivity contribution >= 4 is 51.2 Å². The molecule has 14 nitrogen and oxygen atoms in total. The van der Waals surface area contributed by atoms with Crippen LogP contribution in [0.1, 0.15) is 78.1 Å². The molecule has 2 aliphatic heterocycles. The van der Waals surface area contributed by atoms with E-state index in [0.29, 0.717) is 46.6 Å². The first-order valence-corrected chi connectivity index (χ1v) is 20.3. The molecule has 0 bridgehead atoms. The first-order chi connectivity index (χ1) is 26.6. The van der Waals surface area contributed by atoms with Crippen molar-refractivity contribution in [2.24, 2.45) is 11.8 Å². The number of rotatable bonds is 9. The molecule has 4 heterocycles. The molecule has 6 atom stereocenters. The molecule has 55 heavy (non-hydrogen) atoms. The van der Waals surface area contributed by atoms with Gasteiger partial charge in [-0.05, 0) is 70.9 Å². The number of alkyl carbamates (subject to hydrolysis) is 1. The zero-order valence-corrected chi connectivity index (χ0v) is 32.3. The van der Waals surface area contributed by atoms with E-state index in [1.54, 1.807) is 7.11 Å². The Bertz CT molecular complexity index is 1930. The van der Waals surface area contributed by atoms with Gasteiger partial charge in [0.25, 0.3) is 0 Å². The number of carboxylic acid groups (broad SMARTS) is 1. The molecular weight excluding hydrogens is 725 g/mol. The smallest absolute Gasteiger partial charge is 0.408 e. The minimum Gasteiger partial charge on any atom is -0.497 e. The Labute approximate surface area is 324 Å². The number of nitrogens with one attached hydrogen (secondary N) is 3. The summed E-state index contributed by atoms with van der Waals surface area (Å²) >= 11 is 1.47. The number of aliphatic carboxylic acids is 1. The van der Waals surface area contributed by atoms with Gasteiger partial charge in [-0.3, -0.25) is 14.4 Å². The number of aromatic nitrogens is 2. The molecule has 4 unspecified atom stereocenters. The van der Waals surface area contributed by atoms with Crippen LogP contribution in [0.5, 0.6) is 11.5 Å². The second kappa shape index (κ2) is 16.8. The van der Waals surface area contributed by atoms with Crippen molar-refractivity contribution in [2.45, 2.75) is 114 Å². The van der Waals surface area contributed by atoms with E-state index in [2.05, 4.69) is 16.0 Å². The maximum atomic E-state index is 14.5. The fraction of sp³-hybridized carbons (Fsp3) is 0.550. The lowest BCUT2D eigenvalue weighted by atomic mass is 10.0. The van der Waals surface area contributed by atoms with Gasteiger partial charge in [-0.1, -0.05) is 25.0 Å². The molecule has 2 aliphatic carbocycles. The van der Waals surface area contributed by atoms with E-state index >= 15 is 0 Å². The maximum Gasteiger partial charge on any atom is 0.408 e. The van der Waals surface area contributed by atoms with Crippen molar-refractivity contribution < 1.29 is 38.5 Å². The molecule has 3 aromatic rings. The summed E-state index contributed by atoms with van der Waals surface area (Å²) in [4.78, 5) is 65.0. The largest absolute Gasteiger partial charge is 0.497 e. The average Bonchev–Trinajstić information content (AvgIpc) is 3.60. The lowest BCUT2D eigenvalue weighted by Gasteiger charge is -2.29. The van der Waals surface area contributed by atoms with Crippen LogP contribution in [0.15, 0.2) is 41.8 Å². The Morgan fingerprint density at radius 2 is 1.82 bits per heavy atom. The van der Waals surface area contributed by atoms with Crippen molar-refractivity contribution in [3.05, 3.63) is 41.8 Å².